The smallest absolute Gasteiger partial charge is 0.120 e. The summed E-state index contributed by atoms with van der Waals surface area (Å²) in [5.74, 6) is 0.443. The number of phenols is 1. The van der Waals surface area contributed by atoms with Gasteiger partial charge in [0.25, 0.3) is 0 Å². The lowest BCUT2D eigenvalue weighted by atomic mass is 9.99. The van der Waals surface area contributed by atoms with Gasteiger partial charge in [0.1, 0.15) is 5.75 Å². The summed E-state index contributed by atoms with van der Waals surface area (Å²) in [6.45, 7) is 10.1. The van der Waals surface area contributed by atoms with Gasteiger partial charge < -0.3 is 5.11 Å². The highest BCUT2D eigenvalue weighted by Crippen LogP contribution is 2.34. The summed E-state index contributed by atoms with van der Waals surface area (Å²) in [6, 6.07) is 7.63. The summed E-state index contributed by atoms with van der Waals surface area (Å²) >= 11 is 0. The van der Waals surface area contributed by atoms with E-state index in [-0.39, 0.29) is 6.04 Å². The van der Waals surface area contributed by atoms with Crippen LogP contribution in [0.25, 0.3) is 0 Å². The summed E-state index contributed by atoms with van der Waals surface area (Å²) in [4.78, 5) is 5.21. The molecule has 3 rings (SSSR count). The molecule has 3 heteroatoms. The van der Waals surface area contributed by atoms with Crippen molar-refractivity contribution in [2.75, 3.05) is 19.6 Å². The molecule has 0 amide bonds. The lowest BCUT2D eigenvalue weighted by Gasteiger charge is -2.45. The molecule has 0 aromatic heterocycles. The van der Waals surface area contributed by atoms with E-state index >= 15 is 0 Å². The minimum absolute atomic E-state index is 0.286. The Kier molecular flexibility index (Phi) is 3.74. The van der Waals surface area contributed by atoms with Crippen LogP contribution in [0.4, 0.5) is 0 Å². The third-order valence-electron chi connectivity index (χ3n) is 5.12. The minimum Gasteiger partial charge on any atom is -0.508 e. The van der Waals surface area contributed by atoms with E-state index in [0.717, 1.165) is 23.7 Å². The van der Waals surface area contributed by atoms with Crippen LogP contribution in [0.5, 0.6) is 5.75 Å². The highest BCUT2D eigenvalue weighted by atomic mass is 16.3. The lowest BCUT2D eigenvalue weighted by molar-refractivity contribution is 0.0319. The van der Waals surface area contributed by atoms with E-state index in [1.165, 1.54) is 25.9 Å². The largest absolute Gasteiger partial charge is 0.508 e. The molecular weight excluding hydrogens is 248 g/mol. The number of rotatable bonds is 2. The molecule has 2 heterocycles. The Hall–Kier alpha value is -1.06. The monoisotopic (exact) mass is 274 g/mol. The second kappa shape index (κ2) is 5.38. The molecule has 1 N–H and O–H groups in total. The summed E-state index contributed by atoms with van der Waals surface area (Å²) in [6.07, 6.45) is 2.67. The number of benzene rings is 1. The lowest BCUT2D eigenvalue weighted by Crippen LogP contribution is -2.55. The molecule has 2 saturated heterocycles. The van der Waals surface area contributed by atoms with Gasteiger partial charge in [-0.2, -0.15) is 0 Å². The van der Waals surface area contributed by atoms with Gasteiger partial charge in [-0.05, 0) is 51.8 Å². The van der Waals surface area contributed by atoms with Gasteiger partial charge in [0, 0.05) is 36.8 Å². The van der Waals surface area contributed by atoms with E-state index in [1.54, 1.807) is 0 Å². The molecule has 2 aliphatic heterocycles. The maximum atomic E-state index is 10.2. The predicted octanol–water partition coefficient (Wildman–Crippen LogP) is 2.93. The molecule has 2 aliphatic rings. The van der Waals surface area contributed by atoms with Crippen molar-refractivity contribution in [1.82, 2.24) is 9.80 Å². The van der Waals surface area contributed by atoms with Crippen molar-refractivity contribution < 1.29 is 5.11 Å². The summed E-state index contributed by atoms with van der Waals surface area (Å²) < 4.78 is 0. The van der Waals surface area contributed by atoms with Crippen LogP contribution in [-0.2, 0) is 0 Å². The van der Waals surface area contributed by atoms with Gasteiger partial charge in [-0.1, -0.05) is 12.1 Å². The van der Waals surface area contributed by atoms with Gasteiger partial charge in [0.15, 0.2) is 0 Å². The third-order valence-corrected chi connectivity index (χ3v) is 5.12. The van der Waals surface area contributed by atoms with Crippen LogP contribution >= 0.6 is 0 Å². The first-order valence-corrected chi connectivity index (χ1v) is 7.85. The molecule has 0 spiro atoms. The fourth-order valence-electron chi connectivity index (χ4n) is 3.94. The molecule has 2 fully saturated rings. The Morgan fingerprint density at radius 2 is 2.10 bits per heavy atom. The normalized spacial score (nSPS) is 29.4. The fourth-order valence-corrected chi connectivity index (χ4v) is 3.94. The summed E-state index contributed by atoms with van der Waals surface area (Å²) in [5.41, 5.74) is 2.18. The Labute approximate surface area is 122 Å². The molecule has 0 radical (unpaired) electrons. The van der Waals surface area contributed by atoms with E-state index in [9.17, 15) is 5.11 Å². The van der Waals surface area contributed by atoms with Crippen molar-refractivity contribution >= 4 is 0 Å². The van der Waals surface area contributed by atoms with E-state index in [1.807, 2.05) is 13.0 Å². The zero-order valence-electron chi connectivity index (χ0n) is 12.8. The molecule has 0 aliphatic carbocycles. The second-order valence-electron chi connectivity index (χ2n) is 6.58. The number of fused-ring (bicyclic) bond motifs is 1. The Morgan fingerprint density at radius 3 is 2.85 bits per heavy atom. The van der Waals surface area contributed by atoms with Crippen LogP contribution in [0.15, 0.2) is 18.2 Å². The van der Waals surface area contributed by atoms with Gasteiger partial charge in [-0.15, -0.1) is 0 Å². The highest BCUT2D eigenvalue weighted by Gasteiger charge is 2.36. The molecule has 3 nitrogen and oxygen atoms in total. The zero-order valence-corrected chi connectivity index (χ0v) is 12.8. The van der Waals surface area contributed by atoms with Crippen molar-refractivity contribution in [2.24, 2.45) is 0 Å². The highest BCUT2D eigenvalue weighted by molar-refractivity contribution is 5.38. The Morgan fingerprint density at radius 1 is 1.30 bits per heavy atom. The molecule has 1 aromatic rings. The van der Waals surface area contributed by atoms with Crippen molar-refractivity contribution in [3.8, 4) is 5.75 Å². The van der Waals surface area contributed by atoms with Crippen molar-refractivity contribution in [2.45, 2.75) is 51.7 Å². The van der Waals surface area contributed by atoms with Crippen LogP contribution in [0, 0.1) is 6.92 Å². The Balaban J connectivity index is 1.80. The molecule has 1 aromatic carbocycles. The van der Waals surface area contributed by atoms with Crippen LogP contribution in [0.3, 0.4) is 0 Å². The molecule has 0 saturated carbocycles. The Bertz CT molecular complexity index is 488. The molecule has 0 bridgehead atoms. The average Bonchev–Trinajstić information content (AvgIpc) is 2.84. The van der Waals surface area contributed by atoms with Crippen LogP contribution in [0.2, 0.25) is 0 Å². The molecule has 20 heavy (non-hydrogen) atoms. The number of aryl methyl sites for hydroxylation is 1. The molecular formula is C17H26N2O. The van der Waals surface area contributed by atoms with Gasteiger partial charge in [0.05, 0.1) is 0 Å². The number of phenolic OH excluding ortho intramolecular Hbond substituents is 1. The van der Waals surface area contributed by atoms with Gasteiger partial charge in [-0.3, -0.25) is 9.80 Å². The number of aromatic hydroxyl groups is 1. The number of nitrogens with zero attached hydrogens (tertiary/aromatic N) is 2. The van der Waals surface area contributed by atoms with E-state index in [0.29, 0.717) is 11.8 Å². The second-order valence-corrected chi connectivity index (χ2v) is 6.58. The van der Waals surface area contributed by atoms with Crippen molar-refractivity contribution in [3.63, 3.8) is 0 Å². The number of hydrogen-bond donors (Lipinski definition) is 1. The number of piperazine rings is 1. The maximum Gasteiger partial charge on any atom is 0.120 e. The molecule has 3 atom stereocenters. The SMILES string of the molecule is Cc1ccc(C(C)N2CC3CCCN3CC2C)c(O)c1. The quantitative estimate of drug-likeness (QED) is 0.898. The number of hydrogen-bond acceptors (Lipinski definition) is 3. The standard InChI is InChI=1S/C17H26N2O/c1-12-6-7-16(17(20)9-12)14(3)19-11-15-5-4-8-18(15)10-13(19)2/h6-7,9,13-15,20H,4-5,8,10-11H2,1-3H3. The van der Waals surface area contributed by atoms with E-state index in [2.05, 4.69) is 35.8 Å². The van der Waals surface area contributed by atoms with Crippen molar-refractivity contribution in [3.05, 3.63) is 29.3 Å². The summed E-state index contributed by atoms with van der Waals surface area (Å²) in [5, 5.41) is 10.2. The van der Waals surface area contributed by atoms with E-state index < -0.39 is 0 Å². The third kappa shape index (κ3) is 2.45. The average molecular weight is 274 g/mol. The summed E-state index contributed by atoms with van der Waals surface area (Å²) in [7, 11) is 0. The minimum atomic E-state index is 0.286. The molecule has 3 unspecified atom stereocenters. The zero-order chi connectivity index (χ0) is 14.3. The van der Waals surface area contributed by atoms with E-state index in [4.69, 9.17) is 0 Å². The first-order chi connectivity index (χ1) is 9.56. The van der Waals surface area contributed by atoms with Gasteiger partial charge in [-0.25, -0.2) is 0 Å². The predicted molar refractivity (Wildman–Crippen MR) is 82.0 cm³/mol. The maximum absolute atomic E-state index is 10.2. The van der Waals surface area contributed by atoms with Crippen LogP contribution in [0.1, 0.15) is 43.9 Å². The van der Waals surface area contributed by atoms with Crippen LogP contribution < -0.4 is 0 Å². The molecule has 110 valence electrons. The first kappa shape index (κ1) is 13.9. The fraction of sp³-hybridized carbons (Fsp3) is 0.647. The van der Waals surface area contributed by atoms with Crippen LogP contribution in [-0.4, -0.2) is 46.6 Å². The first-order valence-electron chi connectivity index (χ1n) is 7.85. The van der Waals surface area contributed by atoms with Gasteiger partial charge >= 0.3 is 0 Å². The topological polar surface area (TPSA) is 26.7 Å². The van der Waals surface area contributed by atoms with Crippen molar-refractivity contribution in [1.29, 1.82) is 0 Å². The van der Waals surface area contributed by atoms with Gasteiger partial charge in [0.2, 0.25) is 0 Å².